The van der Waals surface area contributed by atoms with Crippen LogP contribution in [0.4, 0.5) is 0 Å². The molecule has 0 bridgehead atoms. The smallest absolute Gasteiger partial charge is 0.231 e. The summed E-state index contributed by atoms with van der Waals surface area (Å²) in [5.41, 5.74) is 1.29. The van der Waals surface area contributed by atoms with Gasteiger partial charge in [-0.3, -0.25) is 0 Å². The minimum atomic E-state index is 0.344. The molecule has 1 atom stereocenters. The van der Waals surface area contributed by atoms with E-state index in [0.29, 0.717) is 12.8 Å². The van der Waals surface area contributed by atoms with Crippen LogP contribution in [-0.2, 0) is 0 Å². The van der Waals surface area contributed by atoms with Crippen molar-refractivity contribution >= 4 is 11.8 Å². The molecule has 0 aliphatic carbocycles. The Morgan fingerprint density at radius 2 is 2.05 bits per heavy atom. The highest BCUT2D eigenvalue weighted by Crippen LogP contribution is 2.34. The first kappa shape index (κ1) is 15.5. The Bertz CT molecular complexity index is 411. The summed E-state index contributed by atoms with van der Waals surface area (Å²) in [6, 6.07) is 6.67. The topological polar surface area (TPSA) is 30.5 Å². The first-order valence-electron chi connectivity index (χ1n) is 7.55. The number of benzene rings is 1. The maximum absolute atomic E-state index is 5.47. The summed E-state index contributed by atoms with van der Waals surface area (Å²) in [5.74, 6) is 4.10. The molecule has 1 heterocycles. The summed E-state index contributed by atoms with van der Waals surface area (Å²) in [4.78, 5) is 0. The van der Waals surface area contributed by atoms with E-state index in [4.69, 9.17) is 9.47 Å². The SMILES string of the molecule is CCCCCSCC(NCC)c1ccc2c(c1)OCO2. The molecule has 1 aromatic rings. The summed E-state index contributed by atoms with van der Waals surface area (Å²) in [6.45, 7) is 5.73. The number of hydrogen-bond donors (Lipinski definition) is 1. The van der Waals surface area contributed by atoms with Crippen molar-refractivity contribution in [2.45, 2.75) is 39.2 Å². The lowest BCUT2D eigenvalue weighted by Crippen LogP contribution is -2.23. The zero-order valence-electron chi connectivity index (χ0n) is 12.5. The van der Waals surface area contributed by atoms with Crippen molar-refractivity contribution in [1.29, 1.82) is 0 Å². The third-order valence-electron chi connectivity index (χ3n) is 3.43. The zero-order chi connectivity index (χ0) is 14.2. The monoisotopic (exact) mass is 295 g/mol. The van der Waals surface area contributed by atoms with Crippen molar-refractivity contribution in [1.82, 2.24) is 5.32 Å². The normalized spacial score (nSPS) is 14.5. The van der Waals surface area contributed by atoms with Crippen molar-refractivity contribution in [2.75, 3.05) is 24.8 Å². The molecule has 1 aliphatic rings. The summed E-state index contributed by atoms with van der Waals surface area (Å²) in [5, 5.41) is 3.56. The van der Waals surface area contributed by atoms with Crippen LogP contribution in [0.5, 0.6) is 11.5 Å². The molecule has 0 amide bonds. The van der Waals surface area contributed by atoms with Crippen molar-refractivity contribution in [3.05, 3.63) is 23.8 Å². The standard InChI is InChI=1S/C16H25NO2S/c1-3-5-6-9-20-11-14(17-4-2)13-7-8-15-16(10-13)19-12-18-15/h7-8,10,14,17H,3-6,9,11-12H2,1-2H3. The third-order valence-corrected chi connectivity index (χ3v) is 4.57. The highest BCUT2D eigenvalue weighted by Gasteiger charge is 2.17. The van der Waals surface area contributed by atoms with E-state index in [-0.39, 0.29) is 0 Å². The van der Waals surface area contributed by atoms with Crippen LogP contribution >= 0.6 is 11.8 Å². The quantitative estimate of drug-likeness (QED) is 0.698. The molecule has 20 heavy (non-hydrogen) atoms. The second-order valence-corrected chi connectivity index (χ2v) is 6.15. The van der Waals surface area contributed by atoms with Crippen molar-refractivity contribution < 1.29 is 9.47 Å². The molecule has 0 aromatic heterocycles. The summed E-state index contributed by atoms with van der Waals surface area (Å²) in [7, 11) is 0. The van der Waals surface area contributed by atoms with Crippen LogP contribution in [0.2, 0.25) is 0 Å². The van der Waals surface area contributed by atoms with Gasteiger partial charge in [-0.15, -0.1) is 0 Å². The Labute approximate surface area is 126 Å². The molecule has 0 fully saturated rings. The van der Waals surface area contributed by atoms with Crippen LogP contribution in [-0.4, -0.2) is 24.8 Å². The number of hydrogen-bond acceptors (Lipinski definition) is 4. The van der Waals surface area contributed by atoms with Gasteiger partial charge >= 0.3 is 0 Å². The molecule has 1 unspecified atom stereocenters. The van der Waals surface area contributed by atoms with E-state index in [9.17, 15) is 0 Å². The number of rotatable bonds is 9. The van der Waals surface area contributed by atoms with E-state index in [1.165, 1.54) is 30.6 Å². The minimum Gasteiger partial charge on any atom is -0.454 e. The summed E-state index contributed by atoms with van der Waals surface area (Å²) < 4.78 is 10.8. The van der Waals surface area contributed by atoms with Crippen LogP contribution < -0.4 is 14.8 Å². The second kappa shape index (κ2) is 8.42. The van der Waals surface area contributed by atoms with Crippen LogP contribution in [0.15, 0.2) is 18.2 Å². The number of nitrogens with one attached hydrogen (secondary N) is 1. The van der Waals surface area contributed by atoms with Gasteiger partial charge in [-0.05, 0) is 36.4 Å². The van der Waals surface area contributed by atoms with Gasteiger partial charge in [-0.2, -0.15) is 11.8 Å². The van der Waals surface area contributed by atoms with Gasteiger partial charge in [0.2, 0.25) is 6.79 Å². The van der Waals surface area contributed by atoms with Gasteiger partial charge in [0.1, 0.15) is 0 Å². The first-order valence-corrected chi connectivity index (χ1v) is 8.71. The Kier molecular flexibility index (Phi) is 6.54. The summed E-state index contributed by atoms with van der Waals surface area (Å²) >= 11 is 2.03. The van der Waals surface area contributed by atoms with Crippen LogP contribution in [0.1, 0.15) is 44.7 Å². The Balaban J connectivity index is 1.90. The molecular formula is C16H25NO2S. The third kappa shape index (κ3) is 4.32. The van der Waals surface area contributed by atoms with Crippen LogP contribution in [0, 0.1) is 0 Å². The fourth-order valence-electron chi connectivity index (χ4n) is 2.30. The lowest BCUT2D eigenvalue weighted by Gasteiger charge is -2.18. The number of thioether (sulfide) groups is 1. The van der Waals surface area contributed by atoms with Crippen molar-refractivity contribution in [3.8, 4) is 11.5 Å². The van der Waals surface area contributed by atoms with E-state index < -0.39 is 0 Å². The summed E-state index contributed by atoms with van der Waals surface area (Å²) in [6.07, 6.45) is 3.95. The number of fused-ring (bicyclic) bond motifs is 1. The van der Waals surface area contributed by atoms with E-state index in [1.807, 2.05) is 17.8 Å². The number of unbranched alkanes of at least 4 members (excludes halogenated alkanes) is 2. The molecule has 4 heteroatoms. The Morgan fingerprint density at radius 3 is 2.85 bits per heavy atom. The van der Waals surface area contributed by atoms with E-state index in [2.05, 4.69) is 31.3 Å². The molecule has 1 aliphatic heterocycles. The molecule has 112 valence electrons. The average molecular weight is 295 g/mol. The van der Waals surface area contributed by atoms with E-state index in [1.54, 1.807) is 0 Å². The maximum atomic E-state index is 5.47. The largest absolute Gasteiger partial charge is 0.454 e. The molecule has 3 nitrogen and oxygen atoms in total. The van der Waals surface area contributed by atoms with E-state index >= 15 is 0 Å². The van der Waals surface area contributed by atoms with Crippen LogP contribution in [0.25, 0.3) is 0 Å². The Morgan fingerprint density at radius 1 is 1.20 bits per heavy atom. The van der Waals surface area contributed by atoms with Gasteiger partial charge in [-0.25, -0.2) is 0 Å². The molecule has 0 radical (unpaired) electrons. The highest BCUT2D eigenvalue weighted by atomic mass is 32.2. The molecule has 1 aromatic carbocycles. The molecule has 0 saturated heterocycles. The van der Waals surface area contributed by atoms with Gasteiger partial charge < -0.3 is 14.8 Å². The average Bonchev–Trinajstić information content (AvgIpc) is 2.93. The minimum absolute atomic E-state index is 0.344. The predicted octanol–water partition coefficient (Wildman–Crippen LogP) is 3.99. The lowest BCUT2D eigenvalue weighted by atomic mass is 10.1. The highest BCUT2D eigenvalue weighted by molar-refractivity contribution is 7.99. The van der Waals surface area contributed by atoms with Gasteiger partial charge in [0, 0.05) is 11.8 Å². The lowest BCUT2D eigenvalue weighted by molar-refractivity contribution is 0.174. The first-order chi connectivity index (χ1) is 9.85. The van der Waals surface area contributed by atoms with Gasteiger partial charge in [-0.1, -0.05) is 32.8 Å². The molecule has 0 spiro atoms. The fourth-order valence-corrected chi connectivity index (χ4v) is 3.43. The zero-order valence-corrected chi connectivity index (χ0v) is 13.3. The number of ether oxygens (including phenoxy) is 2. The predicted molar refractivity (Wildman–Crippen MR) is 85.8 cm³/mol. The van der Waals surface area contributed by atoms with Crippen molar-refractivity contribution in [2.24, 2.45) is 0 Å². The molecule has 2 rings (SSSR count). The van der Waals surface area contributed by atoms with Gasteiger partial charge in [0.05, 0.1) is 0 Å². The maximum Gasteiger partial charge on any atom is 0.231 e. The van der Waals surface area contributed by atoms with Gasteiger partial charge in [0.25, 0.3) is 0 Å². The van der Waals surface area contributed by atoms with Crippen molar-refractivity contribution in [3.63, 3.8) is 0 Å². The fraction of sp³-hybridized carbons (Fsp3) is 0.625. The van der Waals surface area contributed by atoms with Gasteiger partial charge in [0.15, 0.2) is 11.5 Å². The van der Waals surface area contributed by atoms with Crippen LogP contribution in [0.3, 0.4) is 0 Å². The van der Waals surface area contributed by atoms with E-state index in [0.717, 1.165) is 23.8 Å². The molecule has 1 N–H and O–H groups in total. The molecule has 0 saturated carbocycles. The molecular weight excluding hydrogens is 270 g/mol. The Hall–Kier alpha value is -0.870. The second-order valence-electron chi connectivity index (χ2n) is 5.00.